The van der Waals surface area contributed by atoms with Crippen molar-refractivity contribution in [3.05, 3.63) is 71.9 Å². The summed E-state index contributed by atoms with van der Waals surface area (Å²) < 4.78 is 1.89. The van der Waals surface area contributed by atoms with Crippen molar-refractivity contribution in [3.8, 4) is 11.4 Å². The lowest BCUT2D eigenvalue weighted by Gasteiger charge is -2.42. The van der Waals surface area contributed by atoms with Crippen LogP contribution >= 0.6 is 0 Å². The van der Waals surface area contributed by atoms with E-state index in [4.69, 9.17) is 10.1 Å². The van der Waals surface area contributed by atoms with Crippen LogP contribution in [-0.2, 0) is 0 Å². The third kappa shape index (κ3) is 3.38. The van der Waals surface area contributed by atoms with Crippen molar-refractivity contribution in [2.24, 2.45) is 0 Å². The fourth-order valence-corrected chi connectivity index (χ4v) is 4.26. The quantitative estimate of drug-likeness (QED) is 0.519. The Morgan fingerprint density at radius 3 is 2.50 bits per heavy atom. The highest BCUT2D eigenvalue weighted by atomic mass is 15.4. The Morgan fingerprint density at radius 1 is 0.900 bits per heavy atom. The van der Waals surface area contributed by atoms with E-state index < -0.39 is 0 Å². The third-order valence-electron chi connectivity index (χ3n) is 5.74. The monoisotopic (exact) mass is 398 g/mol. The molecule has 2 aromatic carbocycles. The minimum Gasteiger partial charge on any atom is -0.365 e. The van der Waals surface area contributed by atoms with Gasteiger partial charge in [-0.1, -0.05) is 42.5 Å². The van der Waals surface area contributed by atoms with Crippen LogP contribution in [0.3, 0.4) is 0 Å². The highest BCUT2D eigenvalue weighted by Crippen LogP contribution is 2.26. The van der Waals surface area contributed by atoms with E-state index in [1.54, 1.807) is 0 Å². The van der Waals surface area contributed by atoms with Gasteiger partial charge in [-0.25, -0.2) is 4.98 Å². The van der Waals surface area contributed by atoms with Crippen LogP contribution in [-0.4, -0.2) is 45.3 Å². The average Bonchev–Trinajstić information content (AvgIpc) is 3.17. The van der Waals surface area contributed by atoms with Crippen LogP contribution in [0.5, 0.6) is 0 Å². The number of aromatic nitrogens is 4. The van der Waals surface area contributed by atoms with E-state index in [-0.39, 0.29) is 0 Å². The first kappa shape index (κ1) is 18.6. The summed E-state index contributed by atoms with van der Waals surface area (Å²) in [6.07, 6.45) is 0. The molecule has 0 spiro atoms. The lowest BCUT2D eigenvalue weighted by Crippen LogP contribution is -2.52. The topological polar surface area (TPSA) is 49.6 Å². The molecular formula is C24H26N6. The number of hydrogen-bond acceptors (Lipinski definition) is 5. The highest BCUT2D eigenvalue weighted by molar-refractivity contribution is 5.59. The fourth-order valence-electron chi connectivity index (χ4n) is 4.26. The van der Waals surface area contributed by atoms with Crippen molar-refractivity contribution in [1.29, 1.82) is 0 Å². The number of anilines is 2. The van der Waals surface area contributed by atoms with Gasteiger partial charge in [-0.05, 0) is 38.5 Å². The van der Waals surface area contributed by atoms with Gasteiger partial charge in [0, 0.05) is 48.7 Å². The van der Waals surface area contributed by atoms with Gasteiger partial charge in [-0.3, -0.25) is 0 Å². The van der Waals surface area contributed by atoms with Gasteiger partial charge < -0.3 is 9.80 Å². The molecule has 1 fully saturated rings. The van der Waals surface area contributed by atoms with Gasteiger partial charge in [0.2, 0.25) is 0 Å². The van der Waals surface area contributed by atoms with Crippen LogP contribution in [0, 0.1) is 13.8 Å². The molecular weight excluding hydrogens is 372 g/mol. The summed E-state index contributed by atoms with van der Waals surface area (Å²) in [6, 6.07) is 21.3. The van der Waals surface area contributed by atoms with Crippen LogP contribution in [0.15, 0.2) is 60.7 Å². The maximum atomic E-state index is 4.80. The van der Waals surface area contributed by atoms with Crippen molar-refractivity contribution in [2.75, 3.05) is 29.4 Å². The maximum absolute atomic E-state index is 4.80. The van der Waals surface area contributed by atoms with Crippen LogP contribution < -0.4 is 9.80 Å². The summed E-state index contributed by atoms with van der Waals surface area (Å²) in [5.41, 5.74) is 4.55. The smallest absolute Gasteiger partial charge is 0.254 e. The number of hydrogen-bond donors (Lipinski definition) is 0. The molecule has 1 saturated heterocycles. The first-order valence-corrected chi connectivity index (χ1v) is 10.5. The minimum absolute atomic E-state index is 0.390. The number of piperazine rings is 1. The zero-order chi connectivity index (χ0) is 20.7. The largest absolute Gasteiger partial charge is 0.365 e. The predicted molar refractivity (Wildman–Crippen MR) is 121 cm³/mol. The first-order valence-electron chi connectivity index (χ1n) is 10.5. The lowest BCUT2D eigenvalue weighted by molar-refractivity contribution is 0.543. The van der Waals surface area contributed by atoms with Crippen molar-refractivity contribution >= 4 is 17.3 Å². The van der Waals surface area contributed by atoms with Gasteiger partial charge in [-0.2, -0.15) is 9.50 Å². The van der Waals surface area contributed by atoms with Crippen LogP contribution in [0.1, 0.15) is 18.2 Å². The fraction of sp³-hybridized carbons (Fsp3) is 0.292. The van der Waals surface area contributed by atoms with Gasteiger partial charge in [0.05, 0.1) is 0 Å². The molecule has 152 valence electrons. The van der Waals surface area contributed by atoms with Gasteiger partial charge >= 0.3 is 0 Å². The molecule has 0 amide bonds. The summed E-state index contributed by atoms with van der Waals surface area (Å²) in [6.45, 7) is 9.28. The molecule has 0 radical (unpaired) electrons. The van der Waals surface area contributed by atoms with Crippen molar-refractivity contribution in [2.45, 2.75) is 26.8 Å². The molecule has 1 aliphatic rings. The number of benzene rings is 2. The van der Waals surface area contributed by atoms with E-state index in [1.807, 2.05) is 41.8 Å². The zero-order valence-corrected chi connectivity index (χ0v) is 17.7. The molecule has 1 unspecified atom stereocenters. The molecule has 1 atom stereocenters. The minimum atomic E-state index is 0.390. The molecule has 1 aliphatic heterocycles. The maximum Gasteiger partial charge on any atom is 0.254 e. The van der Waals surface area contributed by atoms with Crippen molar-refractivity contribution < 1.29 is 0 Å². The van der Waals surface area contributed by atoms with E-state index in [0.717, 1.165) is 36.7 Å². The molecule has 6 nitrogen and oxygen atoms in total. The number of aryl methyl sites for hydroxylation is 2. The van der Waals surface area contributed by atoms with E-state index in [9.17, 15) is 0 Å². The SMILES string of the molecule is Cc1cccc(N2CCN(c3cc(C)nc4nc(-c5ccccc5)nn34)CC2C)c1. The number of rotatable bonds is 3. The summed E-state index contributed by atoms with van der Waals surface area (Å²) in [4.78, 5) is 14.2. The number of nitrogens with zero attached hydrogens (tertiary/aromatic N) is 6. The van der Waals surface area contributed by atoms with E-state index in [2.05, 4.69) is 59.0 Å². The Labute approximate surface area is 176 Å². The molecule has 3 heterocycles. The Hall–Kier alpha value is -3.41. The predicted octanol–water partition coefficient (Wildman–Crippen LogP) is 4.12. The van der Waals surface area contributed by atoms with Gasteiger partial charge in [0.15, 0.2) is 5.82 Å². The van der Waals surface area contributed by atoms with Crippen LogP contribution in [0.25, 0.3) is 17.2 Å². The Morgan fingerprint density at radius 2 is 1.73 bits per heavy atom. The van der Waals surface area contributed by atoms with Crippen molar-refractivity contribution in [3.63, 3.8) is 0 Å². The lowest BCUT2D eigenvalue weighted by atomic mass is 10.1. The standard InChI is InChI=1S/C24H26N6/c1-17-8-7-11-21(14-17)29-13-12-28(16-19(29)3)22-15-18(2)25-24-26-23(27-30(22)24)20-9-5-4-6-10-20/h4-11,14-15,19H,12-13,16H2,1-3H3. The highest BCUT2D eigenvalue weighted by Gasteiger charge is 2.26. The van der Waals surface area contributed by atoms with Gasteiger partial charge in [0.1, 0.15) is 5.82 Å². The van der Waals surface area contributed by atoms with Gasteiger partial charge in [-0.15, -0.1) is 5.10 Å². The molecule has 6 heteroatoms. The molecule has 5 rings (SSSR count). The normalized spacial score (nSPS) is 17.0. The molecule has 0 aliphatic carbocycles. The average molecular weight is 399 g/mol. The van der Waals surface area contributed by atoms with E-state index in [0.29, 0.717) is 17.6 Å². The molecule has 4 aromatic rings. The summed E-state index contributed by atoms with van der Waals surface area (Å²) in [5.74, 6) is 2.42. The molecule has 0 N–H and O–H groups in total. The second-order valence-corrected chi connectivity index (χ2v) is 8.10. The zero-order valence-electron chi connectivity index (χ0n) is 17.7. The van der Waals surface area contributed by atoms with E-state index >= 15 is 0 Å². The van der Waals surface area contributed by atoms with Gasteiger partial charge in [0.25, 0.3) is 5.78 Å². The Balaban J connectivity index is 1.47. The second-order valence-electron chi connectivity index (χ2n) is 8.10. The van der Waals surface area contributed by atoms with Crippen molar-refractivity contribution in [1.82, 2.24) is 19.6 Å². The summed E-state index contributed by atoms with van der Waals surface area (Å²) in [5, 5.41) is 4.80. The number of fused-ring (bicyclic) bond motifs is 1. The third-order valence-corrected chi connectivity index (χ3v) is 5.74. The first-order chi connectivity index (χ1) is 14.6. The molecule has 2 aromatic heterocycles. The summed E-state index contributed by atoms with van der Waals surface area (Å²) in [7, 11) is 0. The van der Waals surface area contributed by atoms with Crippen LogP contribution in [0.4, 0.5) is 11.5 Å². The Bertz CT molecular complexity index is 1180. The molecule has 30 heavy (non-hydrogen) atoms. The summed E-state index contributed by atoms with van der Waals surface area (Å²) >= 11 is 0. The van der Waals surface area contributed by atoms with E-state index in [1.165, 1.54) is 11.3 Å². The van der Waals surface area contributed by atoms with Crippen LogP contribution in [0.2, 0.25) is 0 Å². The molecule has 0 saturated carbocycles. The Kier molecular flexibility index (Phi) is 4.62. The molecule has 0 bridgehead atoms. The second kappa shape index (κ2) is 7.44.